The predicted molar refractivity (Wildman–Crippen MR) is 422 cm³/mol. The summed E-state index contributed by atoms with van der Waals surface area (Å²) in [5, 5.41) is 0. The summed E-state index contributed by atoms with van der Waals surface area (Å²) in [5.74, 6) is 18.7. The topological polar surface area (TPSA) is 70.0 Å². The molecular formula is C94H148N4O2. The molecule has 4 heterocycles. The fourth-order valence-corrected chi connectivity index (χ4v) is 22.7. The SMILES string of the molecule is CCCc1ncc(Oc2cnc(CCC)c(C[C@H]3CC[C@H]([C@H]4CC[C@H](CC)CC4)CC3)c2)cc1C[C@H]1CC[C@H]([C@H]2CC[C@H](CC)CC2)CC1.CCCc1ncc(Oc2cnc(CCC)c(C[C@H]3CC[C@H]([C@H]4CC[C@H](CCC)CC4)CC3)c2)cc1C[C@H]1CC[C@H]([C@H]2CC[C@H](CCC)CC2)CC1. The summed E-state index contributed by atoms with van der Waals surface area (Å²) in [6, 6.07) is 9.36. The fraction of sp³-hybridized carbons (Fsp3) is 0.787. The quantitative estimate of drug-likeness (QED) is 0.0518. The molecule has 0 radical (unpaired) electrons. The van der Waals surface area contributed by atoms with Crippen molar-refractivity contribution in [3.8, 4) is 23.0 Å². The Bertz CT molecular complexity index is 2750. The van der Waals surface area contributed by atoms with E-state index >= 15 is 0 Å². The van der Waals surface area contributed by atoms with Gasteiger partial charge in [-0.2, -0.15) is 0 Å². The van der Waals surface area contributed by atoms with E-state index in [9.17, 15) is 0 Å². The van der Waals surface area contributed by atoms with Crippen LogP contribution in [0.3, 0.4) is 0 Å². The molecule has 0 unspecified atom stereocenters. The lowest BCUT2D eigenvalue weighted by molar-refractivity contribution is 0.143. The van der Waals surface area contributed by atoms with Crippen LogP contribution in [-0.2, 0) is 51.4 Å². The van der Waals surface area contributed by atoms with Gasteiger partial charge in [0.25, 0.3) is 0 Å². The van der Waals surface area contributed by atoms with Crippen LogP contribution in [0.5, 0.6) is 23.0 Å². The van der Waals surface area contributed by atoms with Gasteiger partial charge >= 0.3 is 0 Å². The van der Waals surface area contributed by atoms with E-state index in [0.717, 1.165) is 195 Å². The molecule has 0 saturated heterocycles. The maximum Gasteiger partial charge on any atom is 0.146 e. The maximum absolute atomic E-state index is 6.62. The summed E-state index contributed by atoms with van der Waals surface area (Å²) in [4.78, 5) is 20.0. The van der Waals surface area contributed by atoms with Crippen LogP contribution in [0.25, 0.3) is 0 Å². The second-order valence-electron chi connectivity index (χ2n) is 35.8. The Labute approximate surface area is 614 Å². The van der Waals surface area contributed by atoms with Crippen molar-refractivity contribution in [2.24, 2.45) is 94.7 Å². The van der Waals surface area contributed by atoms with Crippen LogP contribution in [0.15, 0.2) is 49.1 Å². The molecule has 8 aliphatic carbocycles. The van der Waals surface area contributed by atoms with Crippen LogP contribution >= 0.6 is 0 Å². The number of pyridine rings is 4. The summed E-state index contributed by atoms with van der Waals surface area (Å²) in [6.45, 7) is 18.6. The van der Waals surface area contributed by atoms with Crippen molar-refractivity contribution < 1.29 is 9.47 Å². The second-order valence-corrected chi connectivity index (χ2v) is 35.8. The van der Waals surface area contributed by atoms with Gasteiger partial charge in [-0.15, -0.1) is 0 Å². The summed E-state index contributed by atoms with van der Waals surface area (Å²) >= 11 is 0. The zero-order valence-corrected chi connectivity index (χ0v) is 65.8. The van der Waals surface area contributed by atoms with Crippen molar-refractivity contribution in [3.63, 3.8) is 0 Å². The standard InChI is InChI=1S/C48H76N2O.C46H72N2O/c1-5-9-35-13-21-39(22-14-35)41-25-17-37(18-26-41)29-43-31-45(33-49-47(43)11-7-3)51-46-32-44(48(12-8-4)50-34-46)30-38-19-27-42(28-20-38)40-23-15-36(10-6-2)16-24-40;1-5-9-45-41(27-35-15-23-39(24-16-35)37-19-11-33(7-3)12-20-37)29-43(31-47-45)49-44-30-42(46(10-6-2)48-32-44)28-36-17-25-40(26-18-36)38-21-13-34(8-4)14-22-38/h31-42H,5-30H2,1-4H3;29-40H,5-28H2,1-4H3/t35-,36-,37-,38-,39-,40-,41-,42-;33-,34-,35-,36-,37-,38-,39-,40-. The summed E-state index contributed by atoms with van der Waals surface area (Å²) < 4.78 is 13.2. The smallest absolute Gasteiger partial charge is 0.146 e. The van der Waals surface area contributed by atoms with E-state index in [-0.39, 0.29) is 0 Å². The minimum absolute atomic E-state index is 0.790. The van der Waals surface area contributed by atoms with E-state index in [1.165, 1.54) is 289 Å². The minimum atomic E-state index is 0.790. The minimum Gasteiger partial charge on any atom is -0.454 e. The maximum atomic E-state index is 6.62. The fourth-order valence-electron chi connectivity index (χ4n) is 22.7. The Morgan fingerprint density at radius 1 is 0.240 bits per heavy atom. The van der Waals surface area contributed by atoms with E-state index in [4.69, 9.17) is 29.4 Å². The Morgan fingerprint density at radius 2 is 0.430 bits per heavy atom. The normalized spacial score (nSPS) is 30.6. The van der Waals surface area contributed by atoms with Gasteiger partial charge in [0.1, 0.15) is 23.0 Å². The van der Waals surface area contributed by atoms with Gasteiger partial charge in [0, 0.05) is 22.8 Å². The number of hydrogen-bond donors (Lipinski definition) is 0. The molecule has 0 spiro atoms. The van der Waals surface area contributed by atoms with E-state index in [0.29, 0.717) is 0 Å². The van der Waals surface area contributed by atoms with Gasteiger partial charge in [0.2, 0.25) is 0 Å². The van der Waals surface area contributed by atoms with Crippen molar-refractivity contribution in [3.05, 3.63) is 94.1 Å². The second kappa shape index (κ2) is 40.6. The lowest BCUT2D eigenvalue weighted by Gasteiger charge is -2.38. The highest BCUT2D eigenvalue weighted by Gasteiger charge is 2.36. The molecule has 556 valence electrons. The van der Waals surface area contributed by atoms with Crippen molar-refractivity contribution >= 4 is 0 Å². The van der Waals surface area contributed by atoms with Gasteiger partial charge in [-0.05, 0) is 347 Å². The molecule has 8 saturated carbocycles. The third-order valence-corrected chi connectivity index (χ3v) is 28.9. The molecule has 4 aromatic rings. The Hall–Kier alpha value is -3.80. The third-order valence-electron chi connectivity index (χ3n) is 28.9. The van der Waals surface area contributed by atoms with E-state index in [2.05, 4.69) is 79.7 Å². The Morgan fingerprint density at radius 3 is 0.610 bits per heavy atom. The van der Waals surface area contributed by atoms with Crippen LogP contribution in [0.1, 0.15) is 370 Å². The molecule has 0 N–H and O–H groups in total. The molecule has 8 fully saturated rings. The average Bonchev–Trinajstić information content (AvgIpc) is 0.839. The molecule has 0 bridgehead atoms. The van der Waals surface area contributed by atoms with Gasteiger partial charge in [-0.25, -0.2) is 0 Å². The highest BCUT2D eigenvalue weighted by Crippen LogP contribution is 2.48. The molecular weight excluding hydrogens is 1220 g/mol. The van der Waals surface area contributed by atoms with E-state index in [1.807, 2.05) is 24.8 Å². The molecule has 6 nitrogen and oxygen atoms in total. The van der Waals surface area contributed by atoms with Gasteiger partial charge in [0.05, 0.1) is 24.8 Å². The number of aryl methyl sites for hydroxylation is 4. The van der Waals surface area contributed by atoms with Gasteiger partial charge in [-0.1, -0.05) is 171 Å². The van der Waals surface area contributed by atoms with E-state index in [1.54, 1.807) is 0 Å². The molecule has 0 atom stereocenters. The van der Waals surface area contributed by atoms with Crippen LogP contribution in [-0.4, -0.2) is 19.9 Å². The summed E-state index contributed by atoms with van der Waals surface area (Å²) in [5.41, 5.74) is 10.9. The Kier molecular flexibility index (Phi) is 31.4. The van der Waals surface area contributed by atoms with Crippen molar-refractivity contribution in [1.29, 1.82) is 0 Å². The molecule has 12 rings (SSSR count). The average molecular weight is 1370 g/mol. The zero-order chi connectivity index (χ0) is 69.4. The summed E-state index contributed by atoms with van der Waals surface area (Å²) in [6.07, 6.45) is 76.4. The molecule has 4 aromatic heterocycles. The number of hydrogen-bond acceptors (Lipinski definition) is 6. The first-order valence-electron chi connectivity index (χ1n) is 44.4. The van der Waals surface area contributed by atoms with Crippen molar-refractivity contribution in [2.75, 3.05) is 0 Å². The van der Waals surface area contributed by atoms with Gasteiger partial charge < -0.3 is 9.47 Å². The summed E-state index contributed by atoms with van der Waals surface area (Å²) in [7, 11) is 0. The lowest BCUT2D eigenvalue weighted by Crippen LogP contribution is -2.26. The van der Waals surface area contributed by atoms with E-state index < -0.39 is 0 Å². The van der Waals surface area contributed by atoms with Crippen molar-refractivity contribution in [2.45, 2.75) is 376 Å². The van der Waals surface area contributed by atoms with Crippen LogP contribution < -0.4 is 9.47 Å². The monoisotopic (exact) mass is 1370 g/mol. The molecule has 0 amide bonds. The first-order chi connectivity index (χ1) is 49.1. The largest absolute Gasteiger partial charge is 0.454 e. The van der Waals surface area contributed by atoms with Crippen LogP contribution in [0.2, 0.25) is 0 Å². The molecule has 8 aliphatic rings. The van der Waals surface area contributed by atoms with Crippen molar-refractivity contribution in [1.82, 2.24) is 19.9 Å². The molecule has 0 aromatic carbocycles. The number of nitrogens with zero attached hydrogens (tertiary/aromatic N) is 4. The van der Waals surface area contributed by atoms with Gasteiger partial charge in [0.15, 0.2) is 0 Å². The molecule has 0 aliphatic heterocycles. The first-order valence-corrected chi connectivity index (χ1v) is 44.4. The molecule has 100 heavy (non-hydrogen) atoms. The van der Waals surface area contributed by atoms with Crippen LogP contribution in [0, 0.1) is 94.7 Å². The number of ether oxygens (including phenoxy) is 2. The number of aromatic nitrogens is 4. The third kappa shape index (κ3) is 22.6. The zero-order valence-electron chi connectivity index (χ0n) is 65.8. The highest BCUT2D eigenvalue weighted by atomic mass is 16.5. The number of rotatable bonds is 30. The van der Waals surface area contributed by atoms with Gasteiger partial charge in [-0.3, -0.25) is 19.9 Å². The van der Waals surface area contributed by atoms with Crippen LogP contribution in [0.4, 0.5) is 0 Å². The Balaban J connectivity index is 0.000000202. The first kappa shape index (κ1) is 77.3. The predicted octanol–water partition coefficient (Wildman–Crippen LogP) is 27.4. The highest BCUT2D eigenvalue weighted by molar-refractivity contribution is 5.38. The lowest BCUT2D eigenvalue weighted by atomic mass is 9.68. The molecule has 6 heteroatoms.